The number of carbonyl (C=O) groups excluding carboxylic acids is 1. The summed E-state index contributed by atoms with van der Waals surface area (Å²) < 4.78 is 26.2. The lowest BCUT2D eigenvalue weighted by molar-refractivity contribution is -0.507. The van der Waals surface area contributed by atoms with E-state index in [0.717, 1.165) is 25.2 Å². The second-order valence-corrected chi connectivity index (χ2v) is 5.41. The molecule has 0 spiro atoms. The summed E-state index contributed by atoms with van der Waals surface area (Å²) in [6.45, 7) is 1.06. The number of hydrogen-bond donors (Lipinski definition) is 1. The van der Waals surface area contributed by atoms with Crippen molar-refractivity contribution in [2.75, 3.05) is 13.1 Å². The van der Waals surface area contributed by atoms with Crippen LogP contribution in [0.4, 0.5) is 8.78 Å². The van der Waals surface area contributed by atoms with Gasteiger partial charge in [-0.3, -0.25) is 15.1 Å². The summed E-state index contributed by atoms with van der Waals surface area (Å²) in [5.41, 5.74) is 6.31. The SMILES string of the molecule is NC1=[N+](CC(=O)c2ccc(SC(F)F)cc2)CCC1. The van der Waals surface area contributed by atoms with Gasteiger partial charge < -0.3 is 0 Å². The number of benzene rings is 1. The molecule has 6 heteroatoms. The zero-order chi connectivity index (χ0) is 13.8. The maximum absolute atomic E-state index is 12.2. The summed E-state index contributed by atoms with van der Waals surface area (Å²) in [6.07, 6.45) is 1.81. The van der Waals surface area contributed by atoms with Gasteiger partial charge in [-0.1, -0.05) is 23.9 Å². The van der Waals surface area contributed by atoms with Crippen molar-refractivity contribution in [3.05, 3.63) is 29.8 Å². The third-order valence-corrected chi connectivity index (χ3v) is 3.73. The molecule has 1 aromatic carbocycles. The Morgan fingerprint density at radius 1 is 1.37 bits per heavy atom. The minimum atomic E-state index is -2.44. The summed E-state index contributed by atoms with van der Waals surface area (Å²) in [5.74, 6) is -1.74. The van der Waals surface area contributed by atoms with Crippen molar-refractivity contribution in [1.82, 2.24) is 0 Å². The Labute approximate surface area is 114 Å². The van der Waals surface area contributed by atoms with Crippen molar-refractivity contribution in [2.24, 2.45) is 5.73 Å². The van der Waals surface area contributed by atoms with Crippen LogP contribution in [-0.4, -0.2) is 35.0 Å². The van der Waals surface area contributed by atoms with Gasteiger partial charge in [-0.2, -0.15) is 8.78 Å². The Balaban J connectivity index is 2.01. The van der Waals surface area contributed by atoms with Gasteiger partial charge in [0, 0.05) is 10.5 Å². The molecule has 2 N–H and O–H groups in total. The van der Waals surface area contributed by atoms with Crippen molar-refractivity contribution < 1.29 is 18.2 Å². The van der Waals surface area contributed by atoms with Gasteiger partial charge in [-0.05, 0) is 18.6 Å². The predicted molar refractivity (Wildman–Crippen MR) is 71.1 cm³/mol. The maximum atomic E-state index is 12.2. The van der Waals surface area contributed by atoms with Crippen LogP contribution in [-0.2, 0) is 0 Å². The fraction of sp³-hybridized carbons (Fsp3) is 0.385. The van der Waals surface area contributed by atoms with Crippen LogP contribution >= 0.6 is 11.8 Å². The van der Waals surface area contributed by atoms with Crippen LogP contribution in [0.15, 0.2) is 29.2 Å². The van der Waals surface area contributed by atoms with Crippen LogP contribution in [0.2, 0.25) is 0 Å². The lowest BCUT2D eigenvalue weighted by Gasteiger charge is -2.04. The van der Waals surface area contributed by atoms with Crippen LogP contribution in [0.5, 0.6) is 0 Å². The summed E-state index contributed by atoms with van der Waals surface area (Å²) in [6, 6.07) is 6.25. The first kappa shape index (κ1) is 14.0. The smallest absolute Gasteiger partial charge is 0.288 e. The number of amidine groups is 1. The first-order chi connectivity index (χ1) is 9.06. The monoisotopic (exact) mass is 285 g/mol. The molecule has 2 rings (SSSR count). The van der Waals surface area contributed by atoms with Gasteiger partial charge in [0.15, 0.2) is 0 Å². The highest BCUT2D eigenvalue weighted by Gasteiger charge is 2.20. The quantitative estimate of drug-likeness (QED) is 0.513. The van der Waals surface area contributed by atoms with Gasteiger partial charge >= 0.3 is 0 Å². The minimum absolute atomic E-state index is 0.0431. The van der Waals surface area contributed by atoms with Crippen molar-refractivity contribution in [3.63, 3.8) is 0 Å². The van der Waals surface area contributed by atoms with E-state index in [0.29, 0.717) is 22.2 Å². The summed E-state index contributed by atoms with van der Waals surface area (Å²) in [5, 5.41) is 0. The number of hydrogen-bond acceptors (Lipinski definition) is 3. The highest BCUT2D eigenvalue weighted by atomic mass is 32.2. The van der Waals surface area contributed by atoms with Crippen molar-refractivity contribution in [3.8, 4) is 0 Å². The average molecular weight is 285 g/mol. The van der Waals surface area contributed by atoms with Gasteiger partial charge in [0.05, 0.1) is 13.0 Å². The highest BCUT2D eigenvalue weighted by Crippen LogP contribution is 2.25. The van der Waals surface area contributed by atoms with Gasteiger partial charge in [0.2, 0.25) is 11.6 Å². The molecule has 1 aliphatic heterocycles. The number of ketones is 1. The fourth-order valence-corrected chi connectivity index (χ4v) is 2.52. The number of Topliss-reactive ketones (excluding diaryl/α,β-unsaturated/α-hetero) is 1. The molecule has 102 valence electrons. The Hall–Kier alpha value is -1.43. The van der Waals surface area contributed by atoms with E-state index in [2.05, 4.69) is 0 Å². The van der Waals surface area contributed by atoms with Crippen LogP contribution in [0.1, 0.15) is 23.2 Å². The Morgan fingerprint density at radius 3 is 2.58 bits per heavy atom. The lowest BCUT2D eigenvalue weighted by atomic mass is 10.1. The van der Waals surface area contributed by atoms with E-state index in [9.17, 15) is 13.6 Å². The molecule has 0 saturated heterocycles. The van der Waals surface area contributed by atoms with E-state index < -0.39 is 5.76 Å². The molecule has 1 aromatic rings. The van der Waals surface area contributed by atoms with Crippen LogP contribution in [0.25, 0.3) is 0 Å². The molecule has 1 aliphatic rings. The molecule has 0 saturated carbocycles. The summed E-state index contributed by atoms with van der Waals surface area (Å²) in [4.78, 5) is 12.5. The maximum Gasteiger partial charge on any atom is 0.288 e. The molecular weight excluding hydrogens is 270 g/mol. The number of halogens is 2. The first-order valence-corrected chi connectivity index (χ1v) is 6.88. The normalized spacial score (nSPS) is 15.3. The van der Waals surface area contributed by atoms with Crippen LogP contribution in [0.3, 0.4) is 0 Å². The number of nitrogens with zero attached hydrogens (tertiary/aromatic N) is 1. The second kappa shape index (κ2) is 6.14. The number of thioether (sulfide) groups is 1. The topological polar surface area (TPSA) is 46.1 Å². The zero-order valence-electron chi connectivity index (χ0n) is 10.3. The largest absolute Gasteiger partial charge is 0.291 e. The van der Waals surface area contributed by atoms with Crippen molar-refractivity contribution >= 4 is 23.4 Å². The van der Waals surface area contributed by atoms with Gasteiger partial charge in [-0.15, -0.1) is 0 Å². The van der Waals surface area contributed by atoms with E-state index in [1.807, 2.05) is 4.58 Å². The lowest BCUT2D eigenvalue weighted by Crippen LogP contribution is -2.27. The standard InChI is InChI=1S/C13H14F2N2OS/c14-13(15)19-10-5-3-9(4-6-10)11(18)8-17-7-1-2-12(17)16/h3-6,13,16H,1-2,7-8H2/p+1. The fourth-order valence-electron chi connectivity index (χ4n) is 2.02. The van der Waals surface area contributed by atoms with Crippen LogP contribution < -0.4 is 5.73 Å². The molecule has 0 atom stereocenters. The first-order valence-electron chi connectivity index (χ1n) is 6.00. The number of alkyl halides is 2. The Kier molecular flexibility index (Phi) is 4.52. The van der Waals surface area contributed by atoms with E-state index in [1.54, 1.807) is 24.3 Å². The Bertz CT molecular complexity index is 500. The second-order valence-electron chi connectivity index (χ2n) is 4.34. The molecule has 0 radical (unpaired) electrons. The summed E-state index contributed by atoms with van der Waals surface area (Å²) in [7, 11) is 0. The van der Waals surface area contributed by atoms with Crippen molar-refractivity contribution in [1.29, 1.82) is 0 Å². The van der Waals surface area contributed by atoms with Gasteiger partial charge in [-0.25, -0.2) is 0 Å². The molecule has 0 amide bonds. The molecule has 0 fully saturated rings. The predicted octanol–water partition coefficient (Wildman–Crippen LogP) is 2.35. The molecular formula is C13H15F2N2OS+. The number of nitrogens with two attached hydrogens (primary N) is 1. The summed E-state index contributed by atoms with van der Waals surface area (Å²) >= 11 is 0.473. The molecule has 1 heterocycles. The third kappa shape index (κ3) is 3.76. The zero-order valence-corrected chi connectivity index (χ0v) is 11.1. The van der Waals surface area contributed by atoms with Gasteiger partial charge in [0.25, 0.3) is 5.76 Å². The molecule has 0 unspecified atom stereocenters. The average Bonchev–Trinajstić information content (AvgIpc) is 2.75. The molecule has 0 bridgehead atoms. The number of carbonyl (C=O) groups is 1. The molecule has 0 aliphatic carbocycles. The number of rotatable bonds is 5. The van der Waals surface area contributed by atoms with Crippen molar-refractivity contribution in [2.45, 2.75) is 23.5 Å². The van der Waals surface area contributed by atoms with E-state index in [4.69, 9.17) is 5.73 Å². The molecule has 0 aromatic heterocycles. The van der Waals surface area contributed by atoms with E-state index in [-0.39, 0.29) is 12.3 Å². The minimum Gasteiger partial charge on any atom is -0.291 e. The molecule has 3 nitrogen and oxygen atoms in total. The van der Waals surface area contributed by atoms with E-state index >= 15 is 0 Å². The van der Waals surface area contributed by atoms with Gasteiger partial charge in [0.1, 0.15) is 6.54 Å². The third-order valence-electron chi connectivity index (χ3n) is 3.00. The Morgan fingerprint density at radius 2 is 2.05 bits per heavy atom. The van der Waals surface area contributed by atoms with E-state index in [1.165, 1.54) is 0 Å². The highest BCUT2D eigenvalue weighted by molar-refractivity contribution is 7.99. The molecule has 19 heavy (non-hydrogen) atoms. The van der Waals surface area contributed by atoms with Crippen LogP contribution in [0, 0.1) is 0 Å².